The molecule has 0 saturated heterocycles. The standard InChI is InChI=1S/C14H10FN3O/c1-18(12-4-2-3-10(7-12)8-16)14(19)13-6-5-11(15)9-17-13/h2-7,9H,1H3. The summed E-state index contributed by atoms with van der Waals surface area (Å²) in [4.78, 5) is 17.2. The molecule has 0 aliphatic heterocycles. The predicted molar refractivity (Wildman–Crippen MR) is 68.1 cm³/mol. The molecule has 1 amide bonds. The highest BCUT2D eigenvalue weighted by atomic mass is 19.1. The van der Waals surface area contributed by atoms with Crippen molar-refractivity contribution in [1.82, 2.24) is 4.98 Å². The van der Waals surface area contributed by atoms with Crippen molar-refractivity contribution in [2.45, 2.75) is 0 Å². The zero-order valence-corrected chi connectivity index (χ0v) is 10.2. The molecule has 0 saturated carbocycles. The van der Waals surface area contributed by atoms with Crippen molar-refractivity contribution in [3.63, 3.8) is 0 Å². The Morgan fingerprint density at radius 2 is 2.16 bits per heavy atom. The molecular formula is C14H10FN3O. The number of halogens is 1. The monoisotopic (exact) mass is 255 g/mol. The van der Waals surface area contributed by atoms with E-state index in [-0.39, 0.29) is 11.6 Å². The van der Waals surface area contributed by atoms with Gasteiger partial charge in [0, 0.05) is 12.7 Å². The van der Waals surface area contributed by atoms with E-state index in [1.165, 1.54) is 17.0 Å². The van der Waals surface area contributed by atoms with Crippen LogP contribution < -0.4 is 4.90 Å². The molecule has 5 heteroatoms. The first kappa shape index (κ1) is 12.7. The van der Waals surface area contributed by atoms with Crippen LogP contribution >= 0.6 is 0 Å². The van der Waals surface area contributed by atoms with Gasteiger partial charge in [0.15, 0.2) is 0 Å². The van der Waals surface area contributed by atoms with E-state index < -0.39 is 5.82 Å². The van der Waals surface area contributed by atoms with E-state index in [0.717, 1.165) is 6.20 Å². The fraction of sp³-hybridized carbons (Fsp3) is 0.0714. The van der Waals surface area contributed by atoms with Gasteiger partial charge in [-0.15, -0.1) is 0 Å². The van der Waals surface area contributed by atoms with E-state index in [1.54, 1.807) is 31.3 Å². The number of nitrogens with zero attached hydrogens (tertiary/aromatic N) is 3. The summed E-state index contributed by atoms with van der Waals surface area (Å²) < 4.78 is 12.7. The molecule has 0 N–H and O–H groups in total. The van der Waals surface area contributed by atoms with Gasteiger partial charge in [0.05, 0.1) is 17.8 Å². The summed E-state index contributed by atoms with van der Waals surface area (Å²) in [7, 11) is 1.57. The number of nitriles is 1. The summed E-state index contributed by atoms with van der Waals surface area (Å²) in [5.41, 5.74) is 1.19. The molecule has 0 spiro atoms. The highest BCUT2D eigenvalue weighted by molar-refractivity contribution is 6.04. The molecule has 0 aliphatic rings. The normalized spacial score (nSPS) is 9.74. The van der Waals surface area contributed by atoms with Crippen LogP contribution in [0.3, 0.4) is 0 Å². The van der Waals surface area contributed by atoms with Gasteiger partial charge in [0.2, 0.25) is 0 Å². The third-order valence-corrected chi connectivity index (χ3v) is 2.61. The molecule has 1 aromatic heterocycles. The fourth-order valence-electron chi connectivity index (χ4n) is 1.58. The first-order valence-electron chi connectivity index (χ1n) is 5.51. The molecule has 0 aliphatic carbocycles. The number of amides is 1. The Balaban J connectivity index is 2.28. The van der Waals surface area contributed by atoms with Crippen LogP contribution in [0.1, 0.15) is 16.1 Å². The van der Waals surface area contributed by atoms with Crippen LogP contribution in [-0.2, 0) is 0 Å². The van der Waals surface area contributed by atoms with Crippen molar-refractivity contribution in [2.24, 2.45) is 0 Å². The van der Waals surface area contributed by atoms with Crippen LogP contribution in [0.15, 0.2) is 42.6 Å². The summed E-state index contributed by atoms with van der Waals surface area (Å²) in [5.74, 6) is -0.860. The van der Waals surface area contributed by atoms with Crippen molar-refractivity contribution >= 4 is 11.6 Å². The van der Waals surface area contributed by atoms with Crippen LogP contribution in [-0.4, -0.2) is 17.9 Å². The molecule has 1 aromatic carbocycles. The Bertz CT molecular complexity index is 646. The van der Waals surface area contributed by atoms with Crippen LogP contribution in [0.25, 0.3) is 0 Å². The molecule has 0 atom stereocenters. The molecule has 0 fully saturated rings. The van der Waals surface area contributed by atoms with Gasteiger partial charge < -0.3 is 4.90 Å². The minimum Gasteiger partial charge on any atom is -0.310 e. The predicted octanol–water partition coefficient (Wildman–Crippen LogP) is 2.37. The molecular weight excluding hydrogens is 245 g/mol. The molecule has 2 rings (SSSR count). The molecule has 0 radical (unpaired) electrons. The largest absolute Gasteiger partial charge is 0.310 e. The average Bonchev–Trinajstić information content (AvgIpc) is 2.46. The second-order valence-corrected chi connectivity index (χ2v) is 3.89. The molecule has 94 valence electrons. The van der Waals surface area contributed by atoms with Crippen molar-refractivity contribution in [3.05, 3.63) is 59.7 Å². The van der Waals surface area contributed by atoms with Crippen molar-refractivity contribution in [1.29, 1.82) is 5.26 Å². The second kappa shape index (κ2) is 5.27. The lowest BCUT2D eigenvalue weighted by molar-refractivity contribution is 0.0988. The maximum Gasteiger partial charge on any atom is 0.276 e. The first-order chi connectivity index (χ1) is 9.11. The van der Waals surface area contributed by atoms with Crippen molar-refractivity contribution < 1.29 is 9.18 Å². The van der Waals surface area contributed by atoms with E-state index in [1.807, 2.05) is 6.07 Å². The summed E-state index contributed by atoms with van der Waals surface area (Å²) in [5, 5.41) is 8.82. The Hall–Kier alpha value is -2.74. The summed E-state index contributed by atoms with van der Waals surface area (Å²) in [6.07, 6.45) is 0.993. The first-order valence-corrected chi connectivity index (χ1v) is 5.51. The van der Waals surface area contributed by atoms with Gasteiger partial charge in [-0.1, -0.05) is 6.07 Å². The van der Waals surface area contributed by atoms with Crippen LogP contribution in [0.4, 0.5) is 10.1 Å². The minimum absolute atomic E-state index is 0.145. The fourth-order valence-corrected chi connectivity index (χ4v) is 1.58. The van der Waals surface area contributed by atoms with E-state index in [0.29, 0.717) is 11.3 Å². The Kier molecular flexibility index (Phi) is 3.53. The van der Waals surface area contributed by atoms with Crippen molar-refractivity contribution in [3.8, 4) is 6.07 Å². The van der Waals surface area contributed by atoms with Crippen LogP contribution in [0.5, 0.6) is 0 Å². The topological polar surface area (TPSA) is 57.0 Å². The third-order valence-electron chi connectivity index (χ3n) is 2.61. The lowest BCUT2D eigenvalue weighted by Gasteiger charge is -2.16. The quantitative estimate of drug-likeness (QED) is 0.827. The van der Waals surface area contributed by atoms with E-state index in [9.17, 15) is 9.18 Å². The zero-order chi connectivity index (χ0) is 13.8. The van der Waals surface area contributed by atoms with Gasteiger partial charge in [-0.3, -0.25) is 4.79 Å². The number of rotatable bonds is 2. The number of hydrogen-bond donors (Lipinski definition) is 0. The van der Waals surface area contributed by atoms with Crippen LogP contribution in [0, 0.1) is 17.1 Å². The van der Waals surface area contributed by atoms with Crippen LogP contribution in [0.2, 0.25) is 0 Å². The molecule has 4 nitrogen and oxygen atoms in total. The lowest BCUT2D eigenvalue weighted by atomic mass is 10.2. The van der Waals surface area contributed by atoms with E-state index in [4.69, 9.17) is 5.26 Å². The van der Waals surface area contributed by atoms with E-state index >= 15 is 0 Å². The summed E-state index contributed by atoms with van der Waals surface area (Å²) in [6, 6.07) is 11.2. The zero-order valence-electron chi connectivity index (χ0n) is 10.2. The maximum absolute atomic E-state index is 12.7. The lowest BCUT2D eigenvalue weighted by Crippen LogP contribution is -2.27. The van der Waals surface area contributed by atoms with E-state index in [2.05, 4.69) is 4.98 Å². The van der Waals surface area contributed by atoms with Gasteiger partial charge in [-0.25, -0.2) is 9.37 Å². The number of anilines is 1. The van der Waals surface area contributed by atoms with Crippen molar-refractivity contribution in [2.75, 3.05) is 11.9 Å². The Morgan fingerprint density at radius 1 is 1.37 bits per heavy atom. The third kappa shape index (κ3) is 2.75. The summed E-state index contributed by atoms with van der Waals surface area (Å²) >= 11 is 0. The minimum atomic E-state index is -0.495. The number of carbonyl (C=O) groups excluding carboxylic acids is 1. The molecule has 0 unspecified atom stereocenters. The van der Waals surface area contributed by atoms with Gasteiger partial charge in [-0.05, 0) is 30.3 Å². The summed E-state index contributed by atoms with van der Waals surface area (Å²) in [6.45, 7) is 0. The average molecular weight is 255 g/mol. The molecule has 2 aromatic rings. The maximum atomic E-state index is 12.7. The highest BCUT2D eigenvalue weighted by Gasteiger charge is 2.15. The molecule has 19 heavy (non-hydrogen) atoms. The SMILES string of the molecule is CN(C(=O)c1ccc(F)cn1)c1cccc(C#N)c1. The number of aromatic nitrogens is 1. The van der Waals surface area contributed by atoms with Gasteiger partial charge in [0.25, 0.3) is 5.91 Å². The number of hydrogen-bond acceptors (Lipinski definition) is 3. The molecule has 0 bridgehead atoms. The van der Waals surface area contributed by atoms with Gasteiger partial charge >= 0.3 is 0 Å². The molecule has 1 heterocycles. The Labute approximate surface area is 109 Å². The number of pyridine rings is 1. The second-order valence-electron chi connectivity index (χ2n) is 3.89. The highest BCUT2D eigenvalue weighted by Crippen LogP contribution is 2.16. The van der Waals surface area contributed by atoms with Gasteiger partial charge in [0.1, 0.15) is 11.5 Å². The number of carbonyl (C=O) groups is 1. The number of benzene rings is 1. The van der Waals surface area contributed by atoms with Gasteiger partial charge in [-0.2, -0.15) is 5.26 Å². The smallest absolute Gasteiger partial charge is 0.276 e. The Morgan fingerprint density at radius 3 is 2.79 bits per heavy atom.